The van der Waals surface area contributed by atoms with Crippen LogP contribution in [0.25, 0.3) is 0 Å². The van der Waals surface area contributed by atoms with E-state index in [9.17, 15) is 8.42 Å². The third-order valence-electron chi connectivity index (χ3n) is 4.37. The zero-order valence-corrected chi connectivity index (χ0v) is 17.4. The lowest BCUT2D eigenvalue weighted by Crippen LogP contribution is -2.50. The minimum absolute atomic E-state index is 0.607. The fraction of sp³-hybridized carbons (Fsp3) is 1.00. The van der Waals surface area contributed by atoms with E-state index in [0.29, 0.717) is 5.75 Å². The first-order chi connectivity index (χ1) is 11.6. The quantitative estimate of drug-likeness (QED) is 0.184. The lowest BCUT2D eigenvalue weighted by molar-refractivity contribution is -0.633. The number of rotatable bonds is 19. The molecular weight excluding hydrogens is 342 g/mol. The second-order valence-corrected chi connectivity index (χ2v) is 10.3. The largest absolute Gasteiger partial charge is 0.367 e. The highest BCUT2D eigenvalue weighted by atomic mass is 33.1. The van der Waals surface area contributed by atoms with Crippen LogP contribution >= 0.6 is 10.8 Å². The Morgan fingerprint density at radius 1 is 0.667 bits per heavy atom. The Labute approximate surface area is 154 Å². The standard InChI is InChI=1S/C18H40NO3S2/c1-2-3-4-5-6-7-8-9-10-11-12-13-14-15-16-17-18-23-24(20,21)22-19/h2-18H2,1,19H3/q+1. The van der Waals surface area contributed by atoms with Crippen molar-refractivity contribution in [2.75, 3.05) is 5.75 Å². The van der Waals surface area contributed by atoms with E-state index in [1.165, 1.54) is 89.9 Å². The van der Waals surface area contributed by atoms with E-state index < -0.39 is 9.15 Å². The third kappa shape index (κ3) is 18.6. The van der Waals surface area contributed by atoms with Crippen LogP contribution < -0.4 is 5.90 Å². The van der Waals surface area contributed by atoms with Gasteiger partial charge in [-0.2, -0.15) is 14.3 Å². The van der Waals surface area contributed by atoms with E-state index >= 15 is 0 Å². The van der Waals surface area contributed by atoms with Crippen LogP contribution in [0.1, 0.15) is 110 Å². The predicted octanol–water partition coefficient (Wildman–Crippen LogP) is 5.40. The van der Waals surface area contributed by atoms with E-state index in [2.05, 4.69) is 17.1 Å². The Bertz CT molecular complexity index is 348. The molecule has 24 heavy (non-hydrogen) atoms. The highest BCUT2D eigenvalue weighted by Gasteiger charge is 2.11. The van der Waals surface area contributed by atoms with Gasteiger partial charge in [0.05, 0.1) is 0 Å². The number of quaternary nitrogens is 1. The fourth-order valence-corrected chi connectivity index (χ4v) is 4.61. The molecule has 0 aromatic heterocycles. The molecule has 0 aliphatic rings. The highest BCUT2D eigenvalue weighted by Crippen LogP contribution is 2.16. The summed E-state index contributed by atoms with van der Waals surface area (Å²) in [6, 6.07) is 0. The second-order valence-electron chi connectivity index (χ2n) is 6.65. The highest BCUT2D eigenvalue weighted by molar-refractivity contribution is 8.70. The monoisotopic (exact) mass is 382 g/mol. The Hall–Kier alpha value is 0.220. The average molecular weight is 383 g/mol. The van der Waals surface area contributed by atoms with Crippen molar-refractivity contribution in [2.24, 2.45) is 0 Å². The summed E-state index contributed by atoms with van der Waals surface area (Å²) in [6.45, 7) is 2.27. The van der Waals surface area contributed by atoms with Gasteiger partial charge in [0.25, 0.3) is 0 Å². The van der Waals surface area contributed by atoms with Gasteiger partial charge in [-0.05, 0) is 6.42 Å². The van der Waals surface area contributed by atoms with Crippen LogP contribution in [-0.4, -0.2) is 14.2 Å². The van der Waals surface area contributed by atoms with Gasteiger partial charge in [0.2, 0.25) is 0 Å². The molecule has 0 aromatic carbocycles. The van der Waals surface area contributed by atoms with Crippen molar-refractivity contribution < 1.29 is 18.6 Å². The minimum Gasteiger partial charge on any atom is -0.193 e. The van der Waals surface area contributed by atoms with Crippen LogP contribution in [-0.2, 0) is 13.4 Å². The van der Waals surface area contributed by atoms with Crippen molar-refractivity contribution in [1.82, 2.24) is 0 Å². The molecule has 0 aromatic rings. The molecule has 0 atom stereocenters. The van der Waals surface area contributed by atoms with Gasteiger partial charge in [0.15, 0.2) is 0 Å². The van der Waals surface area contributed by atoms with E-state index in [-0.39, 0.29) is 0 Å². The van der Waals surface area contributed by atoms with Crippen molar-refractivity contribution >= 4 is 19.9 Å². The molecule has 0 fully saturated rings. The molecule has 0 aliphatic heterocycles. The smallest absolute Gasteiger partial charge is 0.193 e. The summed E-state index contributed by atoms with van der Waals surface area (Å²) in [5.41, 5.74) is 0. The van der Waals surface area contributed by atoms with E-state index in [1.54, 1.807) is 0 Å². The Kier molecular flexibility index (Phi) is 18.2. The van der Waals surface area contributed by atoms with Crippen molar-refractivity contribution in [3.05, 3.63) is 0 Å². The molecule has 0 radical (unpaired) electrons. The van der Waals surface area contributed by atoms with E-state index in [4.69, 9.17) is 0 Å². The Morgan fingerprint density at radius 2 is 1.00 bits per heavy atom. The molecule has 0 bridgehead atoms. The molecule has 0 saturated carbocycles. The molecule has 4 nitrogen and oxygen atoms in total. The maximum Gasteiger partial charge on any atom is 0.367 e. The van der Waals surface area contributed by atoms with Crippen molar-refractivity contribution in [2.45, 2.75) is 110 Å². The Balaban J connectivity index is 3.08. The van der Waals surface area contributed by atoms with Gasteiger partial charge in [-0.15, -0.1) is 0 Å². The van der Waals surface area contributed by atoms with E-state index in [0.717, 1.165) is 23.6 Å². The summed E-state index contributed by atoms with van der Waals surface area (Å²) in [7, 11) is -2.58. The maximum absolute atomic E-state index is 11.0. The van der Waals surface area contributed by atoms with E-state index in [1.807, 2.05) is 0 Å². The van der Waals surface area contributed by atoms with Gasteiger partial charge in [0.1, 0.15) is 0 Å². The van der Waals surface area contributed by atoms with Gasteiger partial charge in [-0.1, -0.05) is 108 Å². The van der Waals surface area contributed by atoms with Gasteiger partial charge < -0.3 is 0 Å². The van der Waals surface area contributed by atoms with Crippen molar-refractivity contribution in [3.8, 4) is 0 Å². The van der Waals surface area contributed by atoms with Crippen LogP contribution in [0.15, 0.2) is 0 Å². The normalized spacial score (nSPS) is 11.9. The molecule has 6 heteroatoms. The maximum atomic E-state index is 11.0. The molecule has 0 amide bonds. The van der Waals surface area contributed by atoms with Crippen LogP contribution in [0.3, 0.4) is 0 Å². The lowest BCUT2D eigenvalue weighted by Gasteiger charge is -2.03. The molecule has 0 spiro atoms. The van der Waals surface area contributed by atoms with Crippen molar-refractivity contribution in [3.63, 3.8) is 0 Å². The number of unbranched alkanes of at least 4 members (excludes halogenated alkanes) is 15. The molecule has 0 saturated heterocycles. The first-order valence-corrected chi connectivity index (χ1v) is 12.9. The van der Waals surface area contributed by atoms with Gasteiger partial charge in [-0.3, -0.25) is 0 Å². The first kappa shape index (κ1) is 24.2. The zero-order valence-electron chi connectivity index (χ0n) is 15.8. The third-order valence-corrected chi connectivity index (χ3v) is 7.06. The molecule has 0 heterocycles. The Morgan fingerprint density at radius 3 is 1.33 bits per heavy atom. The molecule has 0 unspecified atom stereocenters. The SMILES string of the molecule is CCCCCCCCCCCCCCCCCCSS(=O)(=O)O[NH3+]. The topological polar surface area (TPSA) is 71.0 Å². The lowest BCUT2D eigenvalue weighted by atomic mass is 10.0. The average Bonchev–Trinajstić information content (AvgIpc) is 2.57. The predicted molar refractivity (Wildman–Crippen MR) is 105 cm³/mol. The van der Waals surface area contributed by atoms with Crippen LogP contribution in [0.4, 0.5) is 0 Å². The van der Waals surface area contributed by atoms with Gasteiger partial charge in [0, 0.05) is 16.5 Å². The summed E-state index contributed by atoms with van der Waals surface area (Å²) in [5, 5.41) is 0. The van der Waals surface area contributed by atoms with Crippen LogP contribution in [0, 0.1) is 0 Å². The summed E-state index contributed by atoms with van der Waals surface area (Å²) >= 11 is 0. The summed E-state index contributed by atoms with van der Waals surface area (Å²) in [6.07, 6.45) is 21.3. The van der Waals surface area contributed by atoms with Crippen LogP contribution in [0.2, 0.25) is 0 Å². The van der Waals surface area contributed by atoms with Gasteiger partial charge >= 0.3 is 9.15 Å². The zero-order chi connectivity index (χ0) is 17.9. The summed E-state index contributed by atoms with van der Waals surface area (Å²) in [5.74, 6) is 3.55. The number of hydrogen-bond donors (Lipinski definition) is 1. The van der Waals surface area contributed by atoms with Crippen molar-refractivity contribution in [1.29, 1.82) is 0 Å². The molecule has 146 valence electrons. The molecule has 0 aliphatic carbocycles. The first-order valence-electron chi connectivity index (χ1n) is 9.95. The summed E-state index contributed by atoms with van der Waals surface area (Å²) in [4.78, 5) is 0. The second kappa shape index (κ2) is 18.0. The molecular formula is C18H40NO3S2+. The van der Waals surface area contributed by atoms with Gasteiger partial charge in [-0.25, -0.2) is 0 Å². The fourth-order valence-electron chi connectivity index (χ4n) is 2.85. The summed E-state index contributed by atoms with van der Waals surface area (Å²) < 4.78 is 26.2. The molecule has 0 rings (SSSR count). The number of hydrogen-bond acceptors (Lipinski definition) is 4. The minimum atomic E-state index is -3.43. The van der Waals surface area contributed by atoms with Crippen LogP contribution in [0.5, 0.6) is 0 Å². The molecule has 3 N–H and O–H groups in total.